The molecule has 2 amide bonds. The molecule has 1 aliphatic rings. The van der Waals surface area contributed by atoms with Crippen molar-refractivity contribution in [2.24, 2.45) is 0 Å². The second-order valence-electron chi connectivity index (χ2n) is 6.72. The Bertz CT molecular complexity index is 351. The topological polar surface area (TPSA) is 79.5 Å². The average molecular weight is 285 g/mol. The third-order valence-electron chi connectivity index (χ3n) is 3.32. The maximum atomic E-state index is 11.8. The molecule has 116 valence electrons. The fraction of sp³-hybridized carbons (Fsp3) is 0.857. The summed E-state index contributed by atoms with van der Waals surface area (Å²) in [6.45, 7) is 9.15. The molecule has 0 bridgehead atoms. The van der Waals surface area contributed by atoms with Gasteiger partial charge in [-0.15, -0.1) is 0 Å². The zero-order valence-electron chi connectivity index (χ0n) is 13.1. The van der Waals surface area contributed by atoms with Crippen molar-refractivity contribution in [1.29, 1.82) is 0 Å². The average Bonchev–Trinajstić information content (AvgIpc) is 2.24. The van der Waals surface area contributed by atoms with Gasteiger partial charge >= 0.3 is 11.8 Å². The molecule has 0 aliphatic carbocycles. The van der Waals surface area contributed by atoms with Gasteiger partial charge in [-0.25, -0.2) is 0 Å². The van der Waals surface area contributed by atoms with Crippen molar-refractivity contribution < 1.29 is 14.3 Å². The minimum Gasteiger partial charge on any atom is -0.383 e. The number of methoxy groups -OCH3 is 1. The monoisotopic (exact) mass is 285 g/mol. The van der Waals surface area contributed by atoms with Gasteiger partial charge in [-0.05, 0) is 40.5 Å². The predicted molar refractivity (Wildman–Crippen MR) is 77.3 cm³/mol. The first-order chi connectivity index (χ1) is 9.15. The number of carbonyl (C=O) groups is 2. The SMILES string of the molecule is COCCNC(=O)C(=O)NC1CC(C)(C)NC(C)(C)C1. The normalized spacial score (nSPS) is 21.2. The van der Waals surface area contributed by atoms with Crippen LogP contribution in [0.25, 0.3) is 0 Å². The molecule has 1 rings (SSSR count). The highest BCUT2D eigenvalue weighted by molar-refractivity contribution is 6.35. The van der Waals surface area contributed by atoms with E-state index in [9.17, 15) is 9.59 Å². The Kier molecular flexibility index (Phi) is 5.53. The number of nitrogens with one attached hydrogen (secondary N) is 3. The smallest absolute Gasteiger partial charge is 0.309 e. The van der Waals surface area contributed by atoms with Crippen LogP contribution in [0, 0.1) is 0 Å². The lowest BCUT2D eigenvalue weighted by atomic mass is 9.79. The Hall–Kier alpha value is -1.14. The van der Waals surface area contributed by atoms with Crippen LogP contribution in [0.15, 0.2) is 0 Å². The quantitative estimate of drug-likeness (QED) is 0.508. The maximum Gasteiger partial charge on any atom is 0.309 e. The van der Waals surface area contributed by atoms with Crippen LogP contribution in [0.4, 0.5) is 0 Å². The van der Waals surface area contributed by atoms with E-state index in [1.54, 1.807) is 7.11 Å². The molecule has 1 heterocycles. The zero-order chi connectivity index (χ0) is 15.4. The summed E-state index contributed by atoms with van der Waals surface area (Å²) >= 11 is 0. The molecule has 0 unspecified atom stereocenters. The van der Waals surface area contributed by atoms with Crippen LogP contribution < -0.4 is 16.0 Å². The fourth-order valence-electron chi connectivity index (χ4n) is 3.02. The summed E-state index contributed by atoms with van der Waals surface area (Å²) in [6.07, 6.45) is 1.60. The second kappa shape index (κ2) is 6.54. The highest BCUT2D eigenvalue weighted by Crippen LogP contribution is 2.28. The summed E-state index contributed by atoms with van der Waals surface area (Å²) in [5, 5.41) is 8.89. The minimum absolute atomic E-state index is 0.00178. The summed E-state index contributed by atoms with van der Waals surface area (Å²) in [4.78, 5) is 23.5. The van der Waals surface area contributed by atoms with Gasteiger partial charge in [0.1, 0.15) is 0 Å². The van der Waals surface area contributed by atoms with E-state index in [1.807, 2.05) is 0 Å². The number of amides is 2. The van der Waals surface area contributed by atoms with Crippen LogP contribution in [-0.4, -0.2) is 49.2 Å². The van der Waals surface area contributed by atoms with Crippen LogP contribution in [0.2, 0.25) is 0 Å². The standard InChI is InChI=1S/C14H27N3O3/c1-13(2)8-10(9-14(3,4)17-13)16-12(19)11(18)15-6-7-20-5/h10,17H,6-9H2,1-5H3,(H,15,18)(H,16,19). The molecule has 3 N–H and O–H groups in total. The van der Waals surface area contributed by atoms with Crippen LogP contribution in [0.1, 0.15) is 40.5 Å². The number of hydrogen-bond acceptors (Lipinski definition) is 4. The lowest BCUT2D eigenvalue weighted by Gasteiger charge is -2.46. The molecule has 0 aromatic carbocycles. The summed E-state index contributed by atoms with van der Waals surface area (Å²) in [7, 11) is 1.55. The van der Waals surface area contributed by atoms with E-state index in [0.29, 0.717) is 13.2 Å². The molecule has 0 saturated carbocycles. The van der Waals surface area contributed by atoms with Gasteiger partial charge in [0.05, 0.1) is 6.61 Å². The number of piperidine rings is 1. The van der Waals surface area contributed by atoms with Crippen molar-refractivity contribution in [1.82, 2.24) is 16.0 Å². The van der Waals surface area contributed by atoms with Gasteiger partial charge in [0.25, 0.3) is 0 Å². The fourth-order valence-corrected chi connectivity index (χ4v) is 3.02. The zero-order valence-corrected chi connectivity index (χ0v) is 13.1. The van der Waals surface area contributed by atoms with Crippen molar-refractivity contribution in [2.45, 2.75) is 57.7 Å². The van der Waals surface area contributed by atoms with Crippen molar-refractivity contribution >= 4 is 11.8 Å². The largest absolute Gasteiger partial charge is 0.383 e. The molecule has 20 heavy (non-hydrogen) atoms. The predicted octanol–water partition coefficient (Wildman–Crippen LogP) is 0.174. The number of carbonyl (C=O) groups excluding carboxylic acids is 2. The van der Waals surface area contributed by atoms with Gasteiger partial charge in [-0.3, -0.25) is 9.59 Å². The highest BCUT2D eigenvalue weighted by atomic mass is 16.5. The minimum atomic E-state index is -0.601. The van der Waals surface area contributed by atoms with Crippen LogP contribution in [0.3, 0.4) is 0 Å². The molecule has 1 fully saturated rings. The van der Waals surface area contributed by atoms with E-state index in [-0.39, 0.29) is 17.1 Å². The van der Waals surface area contributed by atoms with Gasteiger partial charge in [0, 0.05) is 30.8 Å². The van der Waals surface area contributed by atoms with Crippen molar-refractivity contribution in [3.63, 3.8) is 0 Å². The van der Waals surface area contributed by atoms with Crippen molar-refractivity contribution in [3.05, 3.63) is 0 Å². The Morgan fingerprint density at radius 3 is 2.20 bits per heavy atom. The van der Waals surface area contributed by atoms with E-state index in [1.165, 1.54) is 0 Å². The van der Waals surface area contributed by atoms with Crippen LogP contribution in [-0.2, 0) is 14.3 Å². The Balaban J connectivity index is 2.50. The van der Waals surface area contributed by atoms with Gasteiger partial charge < -0.3 is 20.7 Å². The summed E-state index contributed by atoms with van der Waals surface area (Å²) < 4.78 is 4.82. The van der Waals surface area contributed by atoms with Crippen molar-refractivity contribution in [2.75, 3.05) is 20.3 Å². The van der Waals surface area contributed by atoms with E-state index in [4.69, 9.17) is 4.74 Å². The molecule has 6 nitrogen and oxygen atoms in total. The molecule has 0 aromatic heterocycles. The maximum absolute atomic E-state index is 11.8. The van der Waals surface area contributed by atoms with Gasteiger partial charge in [0.15, 0.2) is 0 Å². The van der Waals surface area contributed by atoms with E-state index in [0.717, 1.165) is 12.8 Å². The molecule has 0 spiro atoms. The Morgan fingerprint density at radius 2 is 1.70 bits per heavy atom. The second-order valence-corrected chi connectivity index (χ2v) is 6.72. The third-order valence-corrected chi connectivity index (χ3v) is 3.32. The molecule has 0 atom stereocenters. The van der Waals surface area contributed by atoms with E-state index in [2.05, 4.69) is 43.6 Å². The summed E-state index contributed by atoms with van der Waals surface area (Å²) in [5.41, 5.74) is -0.127. The highest BCUT2D eigenvalue weighted by Gasteiger charge is 2.38. The molecule has 0 radical (unpaired) electrons. The van der Waals surface area contributed by atoms with Gasteiger partial charge in [0.2, 0.25) is 0 Å². The summed E-state index contributed by atoms with van der Waals surface area (Å²) in [5.74, 6) is -1.17. The molecule has 1 aliphatic heterocycles. The lowest BCUT2D eigenvalue weighted by molar-refractivity contribution is -0.140. The first-order valence-corrected chi connectivity index (χ1v) is 7.02. The first-order valence-electron chi connectivity index (χ1n) is 7.02. The van der Waals surface area contributed by atoms with E-state index < -0.39 is 11.8 Å². The number of ether oxygens (including phenoxy) is 1. The molecule has 1 saturated heterocycles. The van der Waals surface area contributed by atoms with Crippen LogP contribution >= 0.6 is 0 Å². The molecule has 0 aromatic rings. The third kappa shape index (κ3) is 5.46. The molecular weight excluding hydrogens is 258 g/mol. The first kappa shape index (κ1) is 16.9. The lowest BCUT2D eigenvalue weighted by Crippen LogP contribution is -2.62. The Labute approximate surface area is 121 Å². The molecular formula is C14H27N3O3. The number of rotatable bonds is 4. The summed E-state index contributed by atoms with van der Waals surface area (Å²) in [6, 6.07) is 0.00178. The van der Waals surface area contributed by atoms with Gasteiger partial charge in [-0.2, -0.15) is 0 Å². The van der Waals surface area contributed by atoms with Gasteiger partial charge in [-0.1, -0.05) is 0 Å². The van der Waals surface area contributed by atoms with Crippen molar-refractivity contribution in [3.8, 4) is 0 Å². The Morgan fingerprint density at radius 1 is 1.15 bits per heavy atom. The van der Waals surface area contributed by atoms with E-state index >= 15 is 0 Å². The molecule has 6 heteroatoms. The van der Waals surface area contributed by atoms with Crippen LogP contribution in [0.5, 0.6) is 0 Å². The number of hydrogen-bond donors (Lipinski definition) is 3.